The fraction of sp³-hybridized carbons (Fsp3) is 0.400. The monoisotopic (exact) mass is 460 g/mol. The summed E-state index contributed by atoms with van der Waals surface area (Å²) in [5.74, 6) is 0.595. The second-order valence-corrected chi connectivity index (χ2v) is 8.86. The molecule has 8 heteroatoms. The minimum absolute atomic E-state index is 0.117. The molecular formula is C25H27F3N2O3. The van der Waals surface area contributed by atoms with Crippen LogP contribution in [0.2, 0.25) is 0 Å². The number of H-pyrrole nitrogens is 1. The topological polar surface area (TPSA) is 65.6 Å². The number of nitrogens with zero attached hydrogens (tertiary/aromatic N) is 1. The van der Waals surface area contributed by atoms with E-state index < -0.39 is 17.2 Å². The third-order valence-electron chi connectivity index (χ3n) is 6.76. The summed E-state index contributed by atoms with van der Waals surface area (Å²) in [5, 5.41) is 11.0. The van der Waals surface area contributed by atoms with Gasteiger partial charge < -0.3 is 19.7 Å². The van der Waals surface area contributed by atoms with Gasteiger partial charge in [0.2, 0.25) is 0 Å². The van der Waals surface area contributed by atoms with Gasteiger partial charge >= 0.3 is 6.18 Å². The summed E-state index contributed by atoms with van der Waals surface area (Å²) in [6, 6.07) is 10.9. The number of alkyl halides is 3. The molecule has 3 aromatic rings. The minimum Gasteiger partial charge on any atom is -0.497 e. The number of carbonyl (C=O) groups is 1. The van der Waals surface area contributed by atoms with E-state index in [1.54, 1.807) is 18.1 Å². The molecule has 176 valence electrons. The van der Waals surface area contributed by atoms with E-state index in [1.165, 1.54) is 6.07 Å². The van der Waals surface area contributed by atoms with Gasteiger partial charge in [-0.15, -0.1) is 0 Å². The molecule has 1 amide bonds. The number of hydrogen-bond donors (Lipinski definition) is 2. The van der Waals surface area contributed by atoms with Crippen LogP contribution in [0.5, 0.6) is 5.75 Å². The Balaban J connectivity index is 1.49. The molecule has 1 fully saturated rings. The summed E-state index contributed by atoms with van der Waals surface area (Å²) in [5.41, 5.74) is 1.52. The van der Waals surface area contributed by atoms with Crippen molar-refractivity contribution in [3.8, 4) is 5.75 Å². The fourth-order valence-corrected chi connectivity index (χ4v) is 4.67. The van der Waals surface area contributed by atoms with Crippen molar-refractivity contribution in [3.05, 3.63) is 64.8 Å². The molecule has 0 bridgehead atoms. The molecular weight excluding hydrogens is 433 g/mol. The lowest BCUT2D eigenvalue weighted by Gasteiger charge is -2.41. The number of fused-ring (bicyclic) bond motifs is 1. The van der Waals surface area contributed by atoms with Crippen molar-refractivity contribution in [3.63, 3.8) is 0 Å². The van der Waals surface area contributed by atoms with Crippen LogP contribution in [-0.4, -0.2) is 47.7 Å². The Morgan fingerprint density at radius 2 is 1.91 bits per heavy atom. The first kappa shape index (κ1) is 23.2. The van der Waals surface area contributed by atoms with Gasteiger partial charge in [-0.1, -0.05) is 18.2 Å². The lowest BCUT2D eigenvalue weighted by molar-refractivity contribution is -0.137. The van der Waals surface area contributed by atoms with Crippen molar-refractivity contribution >= 4 is 16.8 Å². The number of aryl methyl sites for hydroxylation is 1. The van der Waals surface area contributed by atoms with Crippen LogP contribution in [0.1, 0.15) is 40.0 Å². The maximum Gasteiger partial charge on any atom is 0.416 e. The van der Waals surface area contributed by atoms with Crippen LogP contribution < -0.4 is 4.74 Å². The van der Waals surface area contributed by atoms with Crippen molar-refractivity contribution in [2.24, 2.45) is 5.41 Å². The van der Waals surface area contributed by atoms with E-state index in [1.807, 2.05) is 25.1 Å². The Labute approximate surface area is 190 Å². The van der Waals surface area contributed by atoms with E-state index in [0.29, 0.717) is 49.4 Å². The number of hydrogen-bond acceptors (Lipinski definition) is 3. The number of aromatic nitrogens is 1. The number of benzene rings is 2. The summed E-state index contributed by atoms with van der Waals surface area (Å²) in [4.78, 5) is 18.2. The normalized spacial score (nSPS) is 16.2. The molecule has 2 N–H and O–H groups in total. The maximum absolute atomic E-state index is 13.2. The predicted molar refractivity (Wildman–Crippen MR) is 119 cm³/mol. The van der Waals surface area contributed by atoms with E-state index in [2.05, 4.69) is 4.98 Å². The predicted octanol–water partition coefficient (Wildman–Crippen LogP) is 4.96. The quantitative estimate of drug-likeness (QED) is 0.566. The second-order valence-electron chi connectivity index (χ2n) is 8.86. The average Bonchev–Trinajstić information content (AvgIpc) is 3.14. The Morgan fingerprint density at radius 1 is 1.18 bits per heavy atom. The number of aliphatic hydroxyl groups is 1. The van der Waals surface area contributed by atoms with Crippen molar-refractivity contribution < 1.29 is 27.8 Å². The van der Waals surface area contributed by atoms with Crippen molar-refractivity contribution in [2.45, 2.75) is 32.4 Å². The Morgan fingerprint density at radius 3 is 2.55 bits per heavy atom. The number of nitrogens with one attached hydrogen (secondary N) is 1. The Kier molecular flexibility index (Phi) is 6.14. The van der Waals surface area contributed by atoms with E-state index in [0.717, 1.165) is 28.6 Å². The van der Waals surface area contributed by atoms with Gasteiger partial charge in [-0.2, -0.15) is 13.2 Å². The zero-order chi connectivity index (χ0) is 23.8. The molecule has 2 heterocycles. The highest BCUT2D eigenvalue weighted by Crippen LogP contribution is 2.37. The molecule has 1 aliphatic heterocycles. The van der Waals surface area contributed by atoms with Gasteiger partial charge in [0.25, 0.3) is 5.91 Å². The van der Waals surface area contributed by atoms with Crippen LogP contribution in [0.15, 0.2) is 42.5 Å². The second kappa shape index (κ2) is 8.74. The van der Waals surface area contributed by atoms with Crippen LogP contribution in [-0.2, 0) is 12.6 Å². The Hall–Kier alpha value is -3.00. The Bertz CT molecular complexity index is 1160. The van der Waals surface area contributed by atoms with Crippen molar-refractivity contribution in [1.82, 2.24) is 9.88 Å². The number of aromatic amines is 1. The van der Waals surface area contributed by atoms with Crippen molar-refractivity contribution in [1.29, 1.82) is 0 Å². The molecule has 1 aliphatic rings. The first-order valence-corrected chi connectivity index (χ1v) is 10.9. The molecule has 0 radical (unpaired) electrons. The van der Waals surface area contributed by atoms with Gasteiger partial charge in [-0.25, -0.2) is 0 Å². The van der Waals surface area contributed by atoms with E-state index in [9.17, 15) is 23.1 Å². The highest BCUT2D eigenvalue weighted by Gasteiger charge is 2.37. The first-order chi connectivity index (χ1) is 15.7. The number of piperidine rings is 1. The fourth-order valence-electron chi connectivity index (χ4n) is 4.67. The summed E-state index contributed by atoms with van der Waals surface area (Å²) in [6.07, 6.45) is -3.04. The number of rotatable bonds is 5. The van der Waals surface area contributed by atoms with Gasteiger partial charge in [-0.3, -0.25) is 4.79 Å². The number of amides is 1. The lowest BCUT2D eigenvalue weighted by Crippen LogP contribution is -2.45. The summed E-state index contributed by atoms with van der Waals surface area (Å²) < 4.78 is 44.5. The number of aliphatic hydroxyl groups excluding tert-OH is 1. The van der Waals surface area contributed by atoms with Crippen LogP contribution in [0.25, 0.3) is 10.9 Å². The molecule has 0 aliphatic carbocycles. The van der Waals surface area contributed by atoms with Gasteiger partial charge in [0.15, 0.2) is 0 Å². The molecule has 4 rings (SSSR count). The SMILES string of the molecule is COc1ccc2[nH]c(C(=O)N3CCC(CO)(Cc4cccc(C(F)(F)F)c4)CC3)c(C)c2c1. The molecule has 0 atom stereocenters. The third-order valence-corrected chi connectivity index (χ3v) is 6.76. The summed E-state index contributed by atoms with van der Waals surface area (Å²) in [6.45, 7) is 2.60. The molecule has 1 aromatic heterocycles. The van der Waals surface area contributed by atoms with Crippen LogP contribution in [0.3, 0.4) is 0 Å². The largest absolute Gasteiger partial charge is 0.497 e. The lowest BCUT2D eigenvalue weighted by atomic mass is 9.74. The minimum atomic E-state index is -4.40. The first-order valence-electron chi connectivity index (χ1n) is 10.9. The molecule has 2 aromatic carbocycles. The number of halogens is 3. The summed E-state index contributed by atoms with van der Waals surface area (Å²) in [7, 11) is 1.59. The van der Waals surface area contributed by atoms with Crippen LogP contribution >= 0.6 is 0 Å². The van der Waals surface area contributed by atoms with Crippen LogP contribution in [0, 0.1) is 12.3 Å². The molecule has 5 nitrogen and oxygen atoms in total. The smallest absolute Gasteiger partial charge is 0.416 e. The highest BCUT2D eigenvalue weighted by molar-refractivity contribution is 6.01. The van der Waals surface area contributed by atoms with E-state index in [4.69, 9.17) is 4.74 Å². The zero-order valence-corrected chi connectivity index (χ0v) is 18.6. The maximum atomic E-state index is 13.2. The van der Waals surface area contributed by atoms with Gasteiger partial charge in [0.05, 0.1) is 12.7 Å². The van der Waals surface area contributed by atoms with E-state index >= 15 is 0 Å². The number of ether oxygens (including phenoxy) is 1. The molecule has 0 saturated carbocycles. The van der Waals surface area contributed by atoms with Gasteiger partial charge in [0, 0.05) is 36.0 Å². The van der Waals surface area contributed by atoms with Crippen LogP contribution in [0.4, 0.5) is 13.2 Å². The van der Waals surface area contributed by atoms with Crippen molar-refractivity contribution in [2.75, 3.05) is 26.8 Å². The standard InChI is InChI=1S/C25H27F3N2O3/c1-16-20-13-19(33-2)6-7-21(20)29-22(16)23(32)30-10-8-24(15-31,9-11-30)14-17-4-3-5-18(12-17)25(26,27)28/h3-7,12-13,29,31H,8-11,14-15H2,1-2H3. The molecule has 1 saturated heterocycles. The number of carbonyl (C=O) groups excluding carboxylic acids is 1. The average molecular weight is 460 g/mol. The number of likely N-dealkylation sites (tertiary alicyclic amines) is 1. The zero-order valence-electron chi connectivity index (χ0n) is 18.6. The summed E-state index contributed by atoms with van der Waals surface area (Å²) >= 11 is 0. The van der Waals surface area contributed by atoms with E-state index in [-0.39, 0.29) is 12.5 Å². The van der Waals surface area contributed by atoms with Gasteiger partial charge in [-0.05, 0) is 61.6 Å². The molecule has 0 spiro atoms. The third kappa shape index (κ3) is 4.57. The molecule has 33 heavy (non-hydrogen) atoms. The highest BCUT2D eigenvalue weighted by atomic mass is 19.4. The van der Waals surface area contributed by atoms with Gasteiger partial charge in [0.1, 0.15) is 11.4 Å². The number of methoxy groups -OCH3 is 1. The molecule has 0 unspecified atom stereocenters.